The van der Waals surface area contributed by atoms with Crippen LogP contribution in [0.15, 0.2) is 29.4 Å². The number of rotatable bonds is 2. The van der Waals surface area contributed by atoms with Crippen molar-refractivity contribution in [2.75, 3.05) is 13.1 Å². The van der Waals surface area contributed by atoms with Crippen molar-refractivity contribution in [1.29, 1.82) is 0 Å². The number of nitrogens with one attached hydrogen (secondary N) is 1. The Morgan fingerprint density at radius 3 is 2.91 bits per heavy atom. The van der Waals surface area contributed by atoms with Gasteiger partial charge in [-0.25, -0.2) is 9.78 Å². The maximum Gasteiger partial charge on any atom is 0.410 e. The first kappa shape index (κ1) is 16.2. The van der Waals surface area contributed by atoms with Crippen molar-refractivity contribution in [3.63, 3.8) is 0 Å². The number of piperidine rings is 1. The van der Waals surface area contributed by atoms with Crippen molar-refractivity contribution in [2.24, 2.45) is 0 Å². The number of carbonyl (C=O) groups is 1. The van der Waals surface area contributed by atoms with Crippen LogP contribution in [0.1, 0.15) is 33.6 Å². The second-order valence-electron chi connectivity index (χ2n) is 6.87. The van der Waals surface area contributed by atoms with E-state index in [0.29, 0.717) is 11.8 Å². The van der Waals surface area contributed by atoms with Crippen LogP contribution in [0.25, 0.3) is 11.0 Å². The third kappa shape index (κ3) is 4.19. The van der Waals surface area contributed by atoms with Gasteiger partial charge in [-0.05, 0) is 45.7 Å². The number of nitrogens with zero attached hydrogens (tertiary/aromatic N) is 2. The largest absolute Gasteiger partial charge is 0.444 e. The van der Waals surface area contributed by atoms with Gasteiger partial charge >= 0.3 is 6.09 Å². The second kappa shape index (κ2) is 6.43. The monoisotopic (exact) mass is 333 g/mol. The number of fused-ring (bicyclic) bond motifs is 1. The van der Waals surface area contributed by atoms with E-state index in [2.05, 4.69) is 9.97 Å². The van der Waals surface area contributed by atoms with Crippen molar-refractivity contribution in [2.45, 2.75) is 49.6 Å². The first-order valence-electron chi connectivity index (χ1n) is 8.00. The van der Waals surface area contributed by atoms with Gasteiger partial charge in [-0.15, -0.1) is 0 Å². The fourth-order valence-corrected chi connectivity index (χ4v) is 3.84. The van der Waals surface area contributed by atoms with Gasteiger partial charge in [-0.1, -0.05) is 23.9 Å². The maximum absolute atomic E-state index is 12.2. The summed E-state index contributed by atoms with van der Waals surface area (Å²) in [4.78, 5) is 22.0. The molecule has 0 bridgehead atoms. The number of hydrogen-bond acceptors (Lipinski definition) is 4. The number of H-pyrrole nitrogens is 1. The van der Waals surface area contributed by atoms with E-state index in [1.165, 1.54) is 0 Å². The van der Waals surface area contributed by atoms with Gasteiger partial charge in [0, 0.05) is 18.3 Å². The summed E-state index contributed by atoms with van der Waals surface area (Å²) in [7, 11) is 0. The highest BCUT2D eigenvalue weighted by Crippen LogP contribution is 2.29. The number of aromatic amines is 1. The van der Waals surface area contributed by atoms with Crippen LogP contribution in [0.5, 0.6) is 0 Å². The summed E-state index contributed by atoms with van der Waals surface area (Å²) >= 11 is 1.71. The van der Waals surface area contributed by atoms with Crippen molar-refractivity contribution in [3.05, 3.63) is 24.3 Å². The Morgan fingerprint density at radius 2 is 2.17 bits per heavy atom. The van der Waals surface area contributed by atoms with Crippen LogP contribution in [-0.2, 0) is 4.74 Å². The van der Waals surface area contributed by atoms with Crippen molar-refractivity contribution >= 4 is 28.9 Å². The molecule has 1 aliphatic heterocycles. The molecule has 6 heteroatoms. The molecule has 3 rings (SSSR count). The Kier molecular flexibility index (Phi) is 4.53. The Bertz CT molecular complexity index is 659. The van der Waals surface area contributed by atoms with Crippen LogP contribution >= 0.6 is 11.8 Å². The maximum atomic E-state index is 12.2. The van der Waals surface area contributed by atoms with E-state index in [1.54, 1.807) is 11.8 Å². The second-order valence-corrected chi connectivity index (χ2v) is 8.16. The van der Waals surface area contributed by atoms with Gasteiger partial charge in [-0.2, -0.15) is 0 Å². The topological polar surface area (TPSA) is 58.2 Å². The highest BCUT2D eigenvalue weighted by atomic mass is 32.2. The van der Waals surface area contributed by atoms with Gasteiger partial charge in [0.15, 0.2) is 5.16 Å². The lowest BCUT2D eigenvalue weighted by Crippen LogP contribution is -2.43. The lowest BCUT2D eigenvalue weighted by Gasteiger charge is -2.33. The zero-order chi connectivity index (χ0) is 16.4. The molecule has 0 saturated carbocycles. The molecule has 23 heavy (non-hydrogen) atoms. The van der Waals surface area contributed by atoms with Gasteiger partial charge in [0.25, 0.3) is 0 Å². The van der Waals surface area contributed by atoms with E-state index < -0.39 is 5.60 Å². The number of likely N-dealkylation sites (tertiary alicyclic amines) is 1. The highest BCUT2D eigenvalue weighted by Gasteiger charge is 2.28. The van der Waals surface area contributed by atoms with E-state index in [4.69, 9.17) is 4.74 Å². The number of aromatic nitrogens is 2. The molecule has 0 radical (unpaired) electrons. The van der Waals surface area contributed by atoms with Crippen LogP contribution in [0.2, 0.25) is 0 Å². The fraction of sp³-hybridized carbons (Fsp3) is 0.529. The summed E-state index contributed by atoms with van der Waals surface area (Å²) in [6.07, 6.45) is 1.87. The third-order valence-electron chi connectivity index (χ3n) is 3.68. The SMILES string of the molecule is CC(C)(C)OC(=O)N1CCC[C@H](Sc2nc3ccccc3[nH]2)C1. The molecule has 1 fully saturated rings. The summed E-state index contributed by atoms with van der Waals surface area (Å²) in [6.45, 7) is 7.17. The molecule has 2 aromatic rings. The van der Waals surface area contributed by atoms with E-state index in [9.17, 15) is 4.79 Å². The van der Waals surface area contributed by atoms with Gasteiger partial charge in [-0.3, -0.25) is 0 Å². The minimum absolute atomic E-state index is 0.215. The van der Waals surface area contributed by atoms with Crippen LogP contribution in [-0.4, -0.2) is 44.9 Å². The molecule has 1 amide bonds. The number of ether oxygens (including phenoxy) is 1. The Balaban J connectivity index is 1.63. The molecule has 1 aromatic carbocycles. The molecule has 1 atom stereocenters. The van der Waals surface area contributed by atoms with Crippen LogP contribution in [0, 0.1) is 0 Å². The number of para-hydroxylation sites is 2. The lowest BCUT2D eigenvalue weighted by atomic mass is 10.1. The van der Waals surface area contributed by atoms with Gasteiger partial charge in [0.1, 0.15) is 5.60 Å². The minimum Gasteiger partial charge on any atom is -0.444 e. The van der Waals surface area contributed by atoms with E-state index in [0.717, 1.165) is 35.6 Å². The van der Waals surface area contributed by atoms with E-state index >= 15 is 0 Å². The standard InChI is InChI=1S/C17H23N3O2S/c1-17(2,3)22-16(21)20-10-6-7-12(11-20)23-15-18-13-8-4-5-9-14(13)19-15/h4-5,8-9,12H,6-7,10-11H2,1-3H3,(H,18,19)/t12-/m0/s1. The zero-order valence-electron chi connectivity index (χ0n) is 13.8. The average molecular weight is 333 g/mol. The highest BCUT2D eigenvalue weighted by molar-refractivity contribution is 7.99. The Morgan fingerprint density at radius 1 is 1.39 bits per heavy atom. The van der Waals surface area contributed by atoms with Crippen LogP contribution in [0.3, 0.4) is 0 Å². The molecule has 5 nitrogen and oxygen atoms in total. The number of benzene rings is 1. The smallest absolute Gasteiger partial charge is 0.410 e. The van der Waals surface area contributed by atoms with Crippen molar-refractivity contribution in [3.8, 4) is 0 Å². The predicted molar refractivity (Wildman–Crippen MR) is 92.8 cm³/mol. The normalized spacial score (nSPS) is 19.1. The quantitative estimate of drug-likeness (QED) is 0.900. The van der Waals surface area contributed by atoms with E-state index in [1.807, 2.05) is 49.9 Å². The number of amides is 1. The number of hydrogen-bond donors (Lipinski definition) is 1. The van der Waals surface area contributed by atoms with Gasteiger partial charge < -0.3 is 14.6 Å². The summed E-state index contributed by atoms with van der Waals surface area (Å²) in [5.74, 6) is 0. The lowest BCUT2D eigenvalue weighted by molar-refractivity contribution is 0.0220. The molecule has 1 N–H and O–H groups in total. The van der Waals surface area contributed by atoms with Crippen LogP contribution < -0.4 is 0 Å². The first-order valence-corrected chi connectivity index (χ1v) is 8.88. The third-order valence-corrected chi connectivity index (χ3v) is 4.81. The number of imidazole rings is 1. The number of carbonyl (C=O) groups excluding carboxylic acids is 1. The van der Waals surface area contributed by atoms with Gasteiger partial charge in [0.2, 0.25) is 0 Å². The molecule has 1 aliphatic rings. The summed E-state index contributed by atoms with van der Waals surface area (Å²) in [5, 5.41) is 1.26. The molecule has 0 unspecified atom stereocenters. The predicted octanol–water partition coefficient (Wildman–Crippen LogP) is 4.05. The molecule has 1 aromatic heterocycles. The van der Waals surface area contributed by atoms with E-state index in [-0.39, 0.29) is 6.09 Å². The molecule has 124 valence electrons. The average Bonchev–Trinajstić information content (AvgIpc) is 2.88. The number of thioether (sulfide) groups is 1. The zero-order valence-corrected chi connectivity index (χ0v) is 14.7. The van der Waals surface area contributed by atoms with Crippen molar-refractivity contribution < 1.29 is 9.53 Å². The summed E-state index contributed by atoms with van der Waals surface area (Å²) < 4.78 is 5.48. The first-order chi connectivity index (χ1) is 10.9. The Hall–Kier alpha value is -1.69. The van der Waals surface area contributed by atoms with Gasteiger partial charge in [0.05, 0.1) is 11.0 Å². The van der Waals surface area contributed by atoms with Crippen molar-refractivity contribution in [1.82, 2.24) is 14.9 Å². The van der Waals surface area contributed by atoms with Crippen LogP contribution in [0.4, 0.5) is 4.79 Å². The summed E-state index contributed by atoms with van der Waals surface area (Å²) in [5.41, 5.74) is 1.58. The molecule has 0 spiro atoms. The minimum atomic E-state index is -0.449. The summed E-state index contributed by atoms with van der Waals surface area (Å²) in [6, 6.07) is 8.02. The molecule has 2 heterocycles. The molecule has 1 saturated heterocycles. The molecular weight excluding hydrogens is 310 g/mol. The fourth-order valence-electron chi connectivity index (χ4n) is 2.67. The Labute approximate surface area is 140 Å². The molecular formula is C17H23N3O2S. The molecule has 0 aliphatic carbocycles.